The van der Waals surface area contributed by atoms with E-state index < -0.39 is 0 Å². The highest BCUT2D eigenvalue weighted by Crippen LogP contribution is 2.39. The van der Waals surface area contributed by atoms with Gasteiger partial charge in [-0.3, -0.25) is 4.57 Å². The third kappa shape index (κ3) is 2.65. The first-order valence-electron chi connectivity index (χ1n) is 8.85. The van der Waals surface area contributed by atoms with E-state index in [9.17, 15) is 5.11 Å². The van der Waals surface area contributed by atoms with Gasteiger partial charge in [-0.1, -0.05) is 11.6 Å². The van der Waals surface area contributed by atoms with Crippen molar-refractivity contribution in [2.75, 3.05) is 13.2 Å². The number of aromatic hydroxyl groups is 1. The Labute approximate surface area is 165 Å². The Kier molecular flexibility index (Phi) is 3.87. The van der Waals surface area contributed by atoms with E-state index >= 15 is 0 Å². The number of hydrogen-bond donors (Lipinski definition) is 1. The largest absolute Gasteiger partial charge is 0.507 e. The van der Waals surface area contributed by atoms with Crippen LogP contribution >= 0.6 is 11.6 Å². The predicted molar refractivity (Wildman–Crippen MR) is 107 cm³/mol. The minimum Gasteiger partial charge on any atom is -0.507 e. The van der Waals surface area contributed by atoms with Gasteiger partial charge in [0, 0.05) is 17.3 Å². The lowest BCUT2D eigenvalue weighted by atomic mass is 10.1. The Bertz CT molecular complexity index is 1220. The maximum absolute atomic E-state index is 10.7. The van der Waals surface area contributed by atoms with Crippen LogP contribution in [0.1, 0.15) is 5.56 Å². The zero-order valence-corrected chi connectivity index (χ0v) is 15.8. The van der Waals surface area contributed by atoms with Crippen LogP contribution in [-0.4, -0.2) is 32.9 Å². The Balaban J connectivity index is 1.81. The van der Waals surface area contributed by atoms with Gasteiger partial charge in [-0.05, 0) is 48.9 Å². The van der Waals surface area contributed by atoms with Crippen molar-refractivity contribution in [2.45, 2.75) is 6.92 Å². The molecule has 28 heavy (non-hydrogen) atoms. The van der Waals surface area contributed by atoms with Crippen LogP contribution in [0.25, 0.3) is 28.2 Å². The van der Waals surface area contributed by atoms with Gasteiger partial charge < -0.3 is 14.6 Å². The normalized spacial score (nSPS) is 13.1. The number of imidazole rings is 1. The number of aryl methyl sites for hydroxylation is 1. The minimum absolute atomic E-state index is 0.137. The molecule has 140 valence electrons. The lowest BCUT2D eigenvalue weighted by Crippen LogP contribution is -2.15. The summed E-state index contributed by atoms with van der Waals surface area (Å²) in [6, 6.07) is 12.8. The van der Waals surface area contributed by atoms with E-state index in [0.717, 1.165) is 5.69 Å². The highest BCUT2D eigenvalue weighted by Gasteiger charge is 2.21. The molecule has 0 fully saturated rings. The summed E-state index contributed by atoms with van der Waals surface area (Å²) in [4.78, 5) is 9.23. The fourth-order valence-electron chi connectivity index (χ4n) is 3.41. The molecule has 0 atom stereocenters. The standard InChI is InChI=1S/C21H16ClN3O3/c1-12-9-13(22)10-15(19(12)26)20-24-16-3-2-6-23-21(16)25(20)14-4-5-17-18(11-14)28-8-7-27-17/h2-6,9-11,26H,7-8H2,1H3. The molecule has 0 saturated heterocycles. The molecule has 0 aliphatic carbocycles. The van der Waals surface area contributed by atoms with E-state index in [0.29, 0.717) is 57.9 Å². The number of rotatable bonds is 2. The molecule has 6 nitrogen and oxygen atoms in total. The second-order valence-electron chi connectivity index (χ2n) is 6.56. The van der Waals surface area contributed by atoms with E-state index in [2.05, 4.69) is 4.98 Å². The number of phenols is 1. The summed E-state index contributed by atoms with van der Waals surface area (Å²) in [7, 11) is 0. The molecular weight excluding hydrogens is 378 g/mol. The topological polar surface area (TPSA) is 69.4 Å². The lowest BCUT2D eigenvalue weighted by molar-refractivity contribution is 0.171. The molecule has 1 aliphatic rings. The predicted octanol–water partition coefficient (Wildman–Crippen LogP) is 4.53. The van der Waals surface area contributed by atoms with Crippen LogP contribution in [0.3, 0.4) is 0 Å². The molecule has 2 aromatic carbocycles. The van der Waals surface area contributed by atoms with Crippen LogP contribution < -0.4 is 9.47 Å². The van der Waals surface area contributed by atoms with Gasteiger partial charge in [0.25, 0.3) is 0 Å². The SMILES string of the molecule is Cc1cc(Cl)cc(-c2nc3cccnc3n2-c2ccc3c(c2)OCCO3)c1O. The molecular formula is C21H16ClN3O3. The first kappa shape index (κ1) is 16.9. The van der Waals surface area contributed by atoms with Gasteiger partial charge in [-0.15, -0.1) is 0 Å². The summed E-state index contributed by atoms with van der Waals surface area (Å²) in [5.41, 5.74) is 3.40. The smallest absolute Gasteiger partial charge is 0.164 e. The molecule has 4 aromatic rings. The summed E-state index contributed by atoms with van der Waals surface area (Å²) >= 11 is 6.26. The molecule has 0 unspecified atom stereocenters. The van der Waals surface area contributed by atoms with Gasteiger partial charge in [-0.2, -0.15) is 0 Å². The van der Waals surface area contributed by atoms with Crippen LogP contribution in [0, 0.1) is 6.92 Å². The Hall–Kier alpha value is -3.25. The van der Waals surface area contributed by atoms with Crippen LogP contribution in [0.5, 0.6) is 17.2 Å². The van der Waals surface area contributed by atoms with E-state index in [1.165, 1.54) is 0 Å². The van der Waals surface area contributed by atoms with Crippen molar-refractivity contribution < 1.29 is 14.6 Å². The third-order valence-corrected chi connectivity index (χ3v) is 4.92. The number of phenolic OH excluding ortho intramolecular Hbond substituents is 1. The number of pyridine rings is 1. The Morgan fingerprint density at radius 2 is 1.89 bits per heavy atom. The van der Waals surface area contributed by atoms with Gasteiger partial charge in [0.2, 0.25) is 0 Å². The molecule has 0 bridgehead atoms. The summed E-state index contributed by atoms with van der Waals surface area (Å²) in [6.45, 7) is 2.84. The van der Waals surface area contributed by atoms with Gasteiger partial charge in [0.05, 0.1) is 11.3 Å². The fraction of sp³-hybridized carbons (Fsp3) is 0.143. The monoisotopic (exact) mass is 393 g/mol. The van der Waals surface area contributed by atoms with Gasteiger partial charge in [0.1, 0.15) is 24.5 Å². The van der Waals surface area contributed by atoms with Crippen molar-refractivity contribution in [1.29, 1.82) is 0 Å². The van der Waals surface area contributed by atoms with Crippen LogP contribution in [0.4, 0.5) is 0 Å². The van der Waals surface area contributed by atoms with E-state index in [4.69, 9.17) is 26.1 Å². The van der Waals surface area contributed by atoms with Gasteiger partial charge >= 0.3 is 0 Å². The number of benzene rings is 2. The summed E-state index contributed by atoms with van der Waals surface area (Å²) in [6.07, 6.45) is 1.71. The number of aromatic nitrogens is 3. The molecule has 0 amide bonds. The maximum Gasteiger partial charge on any atom is 0.164 e. The second kappa shape index (κ2) is 6.42. The molecule has 5 rings (SSSR count). The average molecular weight is 394 g/mol. The van der Waals surface area contributed by atoms with E-state index in [1.54, 1.807) is 25.3 Å². The summed E-state index contributed by atoms with van der Waals surface area (Å²) in [5, 5.41) is 11.2. The average Bonchev–Trinajstić information content (AvgIpc) is 3.09. The molecule has 1 N–H and O–H groups in total. The molecule has 0 saturated carbocycles. The fourth-order valence-corrected chi connectivity index (χ4v) is 3.69. The maximum atomic E-state index is 10.7. The van der Waals surface area contributed by atoms with E-state index in [-0.39, 0.29) is 5.75 Å². The first-order chi connectivity index (χ1) is 13.6. The third-order valence-electron chi connectivity index (χ3n) is 4.71. The van der Waals surface area contributed by atoms with Crippen molar-refractivity contribution in [3.8, 4) is 34.3 Å². The minimum atomic E-state index is 0.137. The van der Waals surface area contributed by atoms with E-state index in [1.807, 2.05) is 34.9 Å². The van der Waals surface area contributed by atoms with Gasteiger partial charge in [0.15, 0.2) is 23.0 Å². The lowest BCUT2D eigenvalue weighted by Gasteiger charge is -2.19. The van der Waals surface area contributed by atoms with Crippen molar-refractivity contribution in [3.05, 3.63) is 59.2 Å². The van der Waals surface area contributed by atoms with Crippen molar-refractivity contribution in [2.24, 2.45) is 0 Å². The molecule has 0 radical (unpaired) electrons. The van der Waals surface area contributed by atoms with Crippen molar-refractivity contribution in [1.82, 2.24) is 14.5 Å². The highest BCUT2D eigenvalue weighted by atomic mass is 35.5. The number of nitrogens with zero attached hydrogens (tertiary/aromatic N) is 3. The Morgan fingerprint density at radius 1 is 1.07 bits per heavy atom. The molecule has 7 heteroatoms. The number of fused-ring (bicyclic) bond motifs is 2. The summed E-state index contributed by atoms with van der Waals surface area (Å²) < 4.78 is 13.2. The quantitative estimate of drug-likeness (QED) is 0.542. The number of halogens is 1. The molecule has 1 aliphatic heterocycles. The van der Waals surface area contributed by atoms with Crippen LogP contribution in [0.15, 0.2) is 48.7 Å². The molecule has 2 aromatic heterocycles. The molecule has 3 heterocycles. The zero-order valence-electron chi connectivity index (χ0n) is 15.0. The van der Waals surface area contributed by atoms with Crippen LogP contribution in [0.2, 0.25) is 5.02 Å². The van der Waals surface area contributed by atoms with Crippen LogP contribution in [-0.2, 0) is 0 Å². The number of hydrogen-bond acceptors (Lipinski definition) is 5. The zero-order chi connectivity index (χ0) is 19.3. The second-order valence-corrected chi connectivity index (χ2v) is 7.00. The number of ether oxygens (including phenoxy) is 2. The molecule has 0 spiro atoms. The Morgan fingerprint density at radius 3 is 2.75 bits per heavy atom. The van der Waals surface area contributed by atoms with Crippen molar-refractivity contribution >= 4 is 22.8 Å². The van der Waals surface area contributed by atoms with Gasteiger partial charge in [-0.25, -0.2) is 9.97 Å². The first-order valence-corrected chi connectivity index (χ1v) is 9.22. The highest BCUT2D eigenvalue weighted by molar-refractivity contribution is 6.31. The van der Waals surface area contributed by atoms with Crippen molar-refractivity contribution in [3.63, 3.8) is 0 Å². The summed E-state index contributed by atoms with van der Waals surface area (Å²) in [5.74, 6) is 2.06.